The molecule has 1 aliphatic rings. The summed E-state index contributed by atoms with van der Waals surface area (Å²) in [6, 6.07) is 10.6. The fraction of sp³-hybridized carbons (Fsp3) is 0.273. The minimum atomic E-state index is -0.598. The molecule has 0 saturated carbocycles. The Balaban J connectivity index is 0.00000341. The summed E-state index contributed by atoms with van der Waals surface area (Å²) in [5, 5.41) is 8.96. The summed E-state index contributed by atoms with van der Waals surface area (Å²) in [5.41, 5.74) is 1.67. The van der Waals surface area contributed by atoms with Crippen LogP contribution in [0.5, 0.6) is 0 Å². The van der Waals surface area contributed by atoms with E-state index in [1.54, 1.807) is 31.3 Å². The third-order valence-corrected chi connectivity index (χ3v) is 4.73. The summed E-state index contributed by atoms with van der Waals surface area (Å²) < 4.78 is 27.1. The number of hydrogen-bond donors (Lipinski definition) is 3. The Morgan fingerprint density at radius 2 is 2.10 bits per heavy atom. The minimum absolute atomic E-state index is 0. The first-order valence-corrected chi connectivity index (χ1v) is 9.52. The van der Waals surface area contributed by atoms with E-state index in [1.165, 1.54) is 12.1 Å². The average Bonchev–Trinajstić information content (AvgIpc) is 3.19. The van der Waals surface area contributed by atoms with E-state index in [0.717, 1.165) is 12.5 Å². The Morgan fingerprint density at radius 1 is 1.29 bits per heavy atom. The number of carbonyl (C=O) groups is 1. The van der Waals surface area contributed by atoms with Crippen molar-refractivity contribution in [2.45, 2.75) is 12.5 Å². The third-order valence-electron chi connectivity index (χ3n) is 4.73. The van der Waals surface area contributed by atoms with Crippen molar-refractivity contribution in [3.63, 3.8) is 0 Å². The number of aliphatic imine (C=N–C) groups is 1. The zero-order valence-corrected chi connectivity index (χ0v) is 19.3. The first-order chi connectivity index (χ1) is 14.5. The smallest absolute Gasteiger partial charge is 0.243 e. The number of anilines is 2. The normalized spacial score (nSPS) is 15.6. The van der Waals surface area contributed by atoms with Crippen LogP contribution in [0.25, 0.3) is 0 Å². The molecular formula is C22H24F2IN5O. The molecule has 6 nitrogen and oxygen atoms in total. The molecule has 1 aliphatic heterocycles. The van der Waals surface area contributed by atoms with Crippen LogP contribution in [-0.4, -0.2) is 44.6 Å². The SMILES string of the molecule is C#Cc1cccc(NC(=O)CNC(=NC)NC2CCN(c3ccc(F)cc3F)C2)c1.I. The van der Waals surface area contributed by atoms with Crippen LogP contribution in [0.1, 0.15) is 12.0 Å². The number of terminal acetylenes is 1. The maximum Gasteiger partial charge on any atom is 0.243 e. The molecule has 2 aromatic rings. The summed E-state index contributed by atoms with van der Waals surface area (Å²) >= 11 is 0. The number of hydrogen-bond acceptors (Lipinski definition) is 3. The number of carbonyl (C=O) groups excluding carboxylic acids is 1. The molecule has 0 radical (unpaired) electrons. The van der Waals surface area contributed by atoms with Gasteiger partial charge in [0, 0.05) is 43.5 Å². The Kier molecular flexibility index (Phi) is 9.05. The highest BCUT2D eigenvalue weighted by Crippen LogP contribution is 2.24. The molecule has 9 heteroatoms. The maximum atomic E-state index is 14.0. The van der Waals surface area contributed by atoms with Crippen LogP contribution in [0, 0.1) is 24.0 Å². The third kappa shape index (κ3) is 6.82. The van der Waals surface area contributed by atoms with Gasteiger partial charge in [-0.2, -0.15) is 0 Å². The number of halogens is 3. The summed E-state index contributed by atoms with van der Waals surface area (Å²) in [7, 11) is 1.61. The van der Waals surface area contributed by atoms with Gasteiger partial charge in [0.15, 0.2) is 5.96 Å². The molecule has 0 bridgehead atoms. The zero-order valence-electron chi connectivity index (χ0n) is 17.0. The summed E-state index contributed by atoms with van der Waals surface area (Å²) in [6.45, 7) is 1.18. The number of rotatable bonds is 5. The Bertz CT molecular complexity index is 992. The second kappa shape index (κ2) is 11.5. The number of benzene rings is 2. The fourth-order valence-corrected chi connectivity index (χ4v) is 3.28. The monoisotopic (exact) mass is 539 g/mol. The van der Waals surface area contributed by atoms with Crippen LogP contribution in [0.15, 0.2) is 47.5 Å². The van der Waals surface area contributed by atoms with Crippen molar-refractivity contribution in [1.82, 2.24) is 10.6 Å². The van der Waals surface area contributed by atoms with Gasteiger partial charge in [-0.3, -0.25) is 9.79 Å². The predicted octanol–water partition coefficient (Wildman–Crippen LogP) is 2.95. The molecule has 31 heavy (non-hydrogen) atoms. The summed E-state index contributed by atoms with van der Waals surface area (Å²) in [5.74, 6) is 1.57. The second-order valence-corrected chi connectivity index (χ2v) is 6.87. The lowest BCUT2D eigenvalue weighted by molar-refractivity contribution is -0.115. The molecule has 1 unspecified atom stereocenters. The van der Waals surface area contributed by atoms with E-state index in [1.807, 2.05) is 4.90 Å². The zero-order chi connectivity index (χ0) is 21.5. The first-order valence-electron chi connectivity index (χ1n) is 9.52. The molecule has 0 aromatic heterocycles. The van der Waals surface area contributed by atoms with Gasteiger partial charge >= 0.3 is 0 Å². The van der Waals surface area contributed by atoms with Crippen LogP contribution in [0.3, 0.4) is 0 Å². The van der Waals surface area contributed by atoms with E-state index in [-0.39, 0.29) is 42.5 Å². The molecule has 1 amide bonds. The van der Waals surface area contributed by atoms with E-state index >= 15 is 0 Å². The van der Waals surface area contributed by atoms with E-state index in [2.05, 4.69) is 26.9 Å². The molecule has 164 valence electrons. The number of amides is 1. The van der Waals surface area contributed by atoms with Crippen LogP contribution in [0.2, 0.25) is 0 Å². The first kappa shape index (κ1) is 24.4. The highest BCUT2D eigenvalue weighted by molar-refractivity contribution is 14.0. The van der Waals surface area contributed by atoms with Gasteiger partial charge in [0.25, 0.3) is 0 Å². The van der Waals surface area contributed by atoms with Gasteiger partial charge in [-0.15, -0.1) is 30.4 Å². The van der Waals surface area contributed by atoms with Crippen molar-refractivity contribution in [2.75, 3.05) is 36.9 Å². The lowest BCUT2D eigenvalue weighted by atomic mass is 10.2. The number of nitrogens with zero attached hydrogens (tertiary/aromatic N) is 2. The van der Waals surface area contributed by atoms with Gasteiger partial charge in [0.2, 0.25) is 5.91 Å². The fourth-order valence-electron chi connectivity index (χ4n) is 3.28. The molecule has 1 fully saturated rings. The highest BCUT2D eigenvalue weighted by atomic mass is 127. The van der Waals surface area contributed by atoms with E-state index in [4.69, 9.17) is 6.42 Å². The predicted molar refractivity (Wildman–Crippen MR) is 130 cm³/mol. The van der Waals surface area contributed by atoms with Crippen LogP contribution >= 0.6 is 24.0 Å². The second-order valence-electron chi connectivity index (χ2n) is 6.87. The van der Waals surface area contributed by atoms with Crippen LogP contribution in [-0.2, 0) is 4.79 Å². The average molecular weight is 539 g/mol. The summed E-state index contributed by atoms with van der Waals surface area (Å²) in [6.07, 6.45) is 6.12. The van der Waals surface area contributed by atoms with Gasteiger partial charge in [-0.1, -0.05) is 12.0 Å². The Labute approximate surface area is 197 Å². The lowest BCUT2D eigenvalue weighted by Crippen LogP contribution is -2.46. The van der Waals surface area contributed by atoms with E-state index in [0.29, 0.717) is 36.0 Å². The largest absolute Gasteiger partial charge is 0.367 e. The van der Waals surface area contributed by atoms with Gasteiger partial charge in [-0.25, -0.2) is 8.78 Å². The van der Waals surface area contributed by atoms with Crippen LogP contribution in [0.4, 0.5) is 20.2 Å². The molecular weight excluding hydrogens is 515 g/mol. The van der Waals surface area contributed by atoms with Gasteiger partial charge < -0.3 is 20.9 Å². The lowest BCUT2D eigenvalue weighted by Gasteiger charge is -2.21. The highest BCUT2D eigenvalue weighted by Gasteiger charge is 2.25. The maximum absolute atomic E-state index is 14.0. The van der Waals surface area contributed by atoms with Crippen molar-refractivity contribution in [3.8, 4) is 12.3 Å². The van der Waals surface area contributed by atoms with Gasteiger partial charge in [-0.05, 0) is 36.8 Å². The molecule has 1 saturated heterocycles. The van der Waals surface area contributed by atoms with Crippen molar-refractivity contribution in [2.24, 2.45) is 4.99 Å². The standard InChI is InChI=1S/C22H23F2N5O.HI/c1-3-15-5-4-6-17(11-15)27-21(30)13-26-22(25-2)28-18-9-10-29(14-18)20-8-7-16(23)12-19(20)24;/h1,4-8,11-12,18H,9-10,13-14H2,2H3,(H,27,30)(H2,25,26,28);1H. The molecule has 1 atom stereocenters. The van der Waals surface area contributed by atoms with Crippen molar-refractivity contribution in [1.29, 1.82) is 0 Å². The van der Waals surface area contributed by atoms with Crippen molar-refractivity contribution >= 4 is 47.2 Å². The number of guanidine groups is 1. The van der Waals surface area contributed by atoms with Crippen molar-refractivity contribution in [3.05, 3.63) is 59.7 Å². The molecule has 3 rings (SSSR count). The Morgan fingerprint density at radius 3 is 2.81 bits per heavy atom. The minimum Gasteiger partial charge on any atom is -0.367 e. The van der Waals surface area contributed by atoms with Crippen LogP contribution < -0.4 is 20.9 Å². The van der Waals surface area contributed by atoms with E-state index in [9.17, 15) is 13.6 Å². The molecule has 1 heterocycles. The molecule has 0 spiro atoms. The molecule has 2 aromatic carbocycles. The summed E-state index contributed by atoms with van der Waals surface area (Å²) in [4.78, 5) is 18.2. The molecule has 0 aliphatic carbocycles. The van der Waals surface area contributed by atoms with Crippen molar-refractivity contribution < 1.29 is 13.6 Å². The number of nitrogens with one attached hydrogen (secondary N) is 3. The van der Waals surface area contributed by atoms with Gasteiger partial charge in [0.1, 0.15) is 11.6 Å². The Hall–Kier alpha value is -2.87. The molecule has 3 N–H and O–H groups in total. The van der Waals surface area contributed by atoms with E-state index < -0.39 is 11.6 Å². The topological polar surface area (TPSA) is 68.8 Å². The van der Waals surface area contributed by atoms with Gasteiger partial charge in [0.05, 0.1) is 12.2 Å². The quantitative estimate of drug-likeness (QED) is 0.237.